The zero-order chi connectivity index (χ0) is 27.6. The van der Waals surface area contributed by atoms with Crippen LogP contribution in [0.15, 0.2) is 150 Å². The van der Waals surface area contributed by atoms with Gasteiger partial charge >= 0.3 is 0 Å². The minimum Gasteiger partial charge on any atom is -0.378 e. The van der Waals surface area contributed by atoms with Gasteiger partial charge < -0.3 is 19.7 Å². The average molecular weight is 594 g/mol. The van der Waals surface area contributed by atoms with Crippen molar-refractivity contribution in [3.05, 3.63) is 178 Å². The molecule has 6 rings (SSSR count). The molecule has 0 radical (unpaired) electrons. The van der Waals surface area contributed by atoms with Crippen molar-refractivity contribution in [2.24, 2.45) is 0 Å². The predicted molar refractivity (Wildman–Crippen MR) is 158 cm³/mol. The summed E-state index contributed by atoms with van der Waals surface area (Å²) in [5.41, 5.74) is 0.0190. The van der Waals surface area contributed by atoms with E-state index in [-0.39, 0.29) is 0 Å². The first-order valence-electron chi connectivity index (χ1n) is 13.2. The Morgan fingerprint density at radius 1 is 0.450 bits per heavy atom. The Morgan fingerprint density at radius 2 is 0.750 bits per heavy atom. The first kappa shape index (κ1) is 26.6. The topological polar surface area (TPSA) is 58.9 Å². The van der Waals surface area contributed by atoms with E-state index < -0.39 is 29.7 Å². The van der Waals surface area contributed by atoms with Crippen LogP contribution >= 0.6 is 15.9 Å². The number of hydrogen-bond acceptors (Lipinski definition) is 4. The Bertz CT molecular complexity index is 1350. The molecule has 0 bridgehead atoms. The minimum absolute atomic E-state index is 0.639. The molecule has 0 aromatic heterocycles. The molecule has 1 aliphatic rings. The third-order valence-corrected chi connectivity index (χ3v) is 8.17. The van der Waals surface area contributed by atoms with Gasteiger partial charge in [0.05, 0.1) is 0 Å². The summed E-state index contributed by atoms with van der Waals surface area (Å²) in [5.74, 6) is 0. The third-order valence-electron chi connectivity index (χ3n) is 7.64. The summed E-state index contributed by atoms with van der Waals surface area (Å²) < 4.78 is 14.4. The smallest absolute Gasteiger partial charge is 0.185 e. The molecular weight excluding hydrogens is 564 g/mol. The van der Waals surface area contributed by atoms with Crippen LogP contribution in [-0.4, -0.2) is 22.4 Å². The highest BCUT2D eigenvalue weighted by atomic mass is 79.9. The van der Waals surface area contributed by atoms with E-state index in [1.54, 1.807) is 0 Å². The summed E-state index contributed by atoms with van der Waals surface area (Å²) in [5, 5.41) is 25.7. The second kappa shape index (κ2) is 11.1. The summed E-state index contributed by atoms with van der Waals surface area (Å²) >= 11 is 3.50. The Balaban J connectivity index is 1.59. The van der Waals surface area contributed by atoms with Crippen LogP contribution in [0.25, 0.3) is 0 Å². The van der Waals surface area contributed by atoms with Crippen LogP contribution in [0.4, 0.5) is 0 Å². The average Bonchev–Trinajstić information content (AvgIpc) is 3.49. The van der Waals surface area contributed by atoms with Gasteiger partial charge in [0, 0.05) is 10.0 Å². The van der Waals surface area contributed by atoms with Gasteiger partial charge in [-0.05, 0) is 34.4 Å². The summed E-state index contributed by atoms with van der Waals surface area (Å²) in [6, 6.07) is 45.5. The van der Waals surface area contributed by atoms with Crippen molar-refractivity contribution in [2.45, 2.75) is 29.7 Å². The molecule has 0 spiro atoms. The Kier molecular flexibility index (Phi) is 7.41. The van der Waals surface area contributed by atoms with Gasteiger partial charge in [-0.3, -0.25) is 0 Å². The first-order chi connectivity index (χ1) is 19.5. The summed E-state index contributed by atoms with van der Waals surface area (Å²) in [6.07, 6.45) is -2.84. The number of benzene rings is 5. The van der Waals surface area contributed by atoms with Crippen molar-refractivity contribution in [3.63, 3.8) is 0 Å². The molecule has 1 aliphatic heterocycles. The highest BCUT2D eigenvalue weighted by Crippen LogP contribution is 2.50. The van der Waals surface area contributed by atoms with E-state index in [9.17, 15) is 10.2 Å². The zero-order valence-electron chi connectivity index (χ0n) is 21.7. The second-order valence-corrected chi connectivity index (χ2v) is 10.9. The molecule has 0 aliphatic carbocycles. The largest absolute Gasteiger partial charge is 0.378 e. The van der Waals surface area contributed by atoms with Crippen LogP contribution in [0.2, 0.25) is 0 Å². The highest BCUT2D eigenvalue weighted by Gasteiger charge is 2.59. The van der Waals surface area contributed by atoms with E-state index >= 15 is 0 Å². The lowest BCUT2D eigenvalue weighted by Crippen LogP contribution is -2.54. The van der Waals surface area contributed by atoms with Gasteiger partial charge in [0.2, 0.25) is 0 Å². The monoisotopic (exact) mass is 592 g/mol. The maximum absolute atomic E-state index is 12.9. The lowest BCUT2D eigenvalue weighted by molar-refractivity contribution is -0.110. The predicted octanol–water partition coefficient (Wildman–Crippen LogP) is 7.10. The van der Waals surface area contributed by atoms with Crippen molar-refractivity contribution in [1.29, 1.82) is 0 Å². The van der Waals surface area contributed by atoms with Gasteiger partial charge in [0.1, 0.15) is 23.4 Å². The maximum Gasteiger partial charge on any atom is 0.185 e. The molecule has 5 aromatic rings. The van der Waals surface area contributed by atoms with E-state index in [0.717, 1.165) is 10.0 Å². The van der Waals surface area contributed by atoms with E-state index in [2.05, 4.69) is 15.9 Å². The van der Waals surface area contributed by atoms with Crippen LogP contribution in [-0.2, 0) is 20.7 Å². The van der Waals surface area contributed by atoms with Gasteiger partial charge in [0.15, 0.2) is 6.29 Å². The highest BCUT2D eigenvalue weighted by molar-refractivity contribution is 9.10. The van der Waals surface area contributed by atoms with Crippen LogP contribution in [0.1, 0.15) is 34.1 Å². The van der Waals surface area contributed by atoms with E-state index in [4.69, 9.17) is 9.47 Å². The Hall–Kier alpha value is -3.58. The number of aliphatic hydroxyl groups is 2. The van der Waals surface area contributed by atoms with Crippen molar-refractivity contribution in [3.8, 4) is 0 Å². The normalized spacial score (nSPS) is 19.4. The van der Waals surface area contributed by atoms with Gasteiger partial charge in [-0.2, -0.15) is 0 Å². The van der Waals surface area contributed by atoms with Crippen LogP contribution < -0.4 is 0 Å². The molecule has 2 atom stereocenters. The fraction of sp³-hybridized carbons (Fsp3) is 0.143. The molecule has 2 unspecified atom stereocenters. The summed E-state index contributed by atoms with van der Waals surface area (Å²) in [6.45, 7) is 0. The van der Waals surface area contributed by atoms with Gasteiger partial charge in [-0.1, -0.05) is 149 Å². The molecule has 2 N–H and O–H groups in total. The van der Waals surface area contributed by atoms with Crippen molar-refractivity contribution in [1.82, 2.24) is 0 Å². The molecule has 200 valence electrons. The lowest BCUT2D eigenvalue weighted by atomic mass is 9.72. The molecule has 4 nitrogen and oxygen atoms in total. The number of hydrogen-bond donors (Lipinski definition) is 2. The summed E-state index contributed by atoms with van der Waals surface area (Å²) in [4.78, 5) is 0. The van der Waals surface area contributed by atoms with Crippen LogP contribution in [0.5, 0.6) is 0 Å². The van der Waals surface area contributed by atoms with E-state index in [0.29, 0.717) is 22.3 Å². The van der Waals surface area contributed by atoms with Crippen LogP contribution in [0.3, 0.4) is 0 Å². The van der Waals surface area contributed by atoms with E-state index in [1.165, 1.54) is 0 Å². The Labute approximate surface area is 242 Å². The SMILES string of the molecule is OC(c1ccccc1)(c1ccccc1)C1OC(c2ccc(Br)cc2)OC1C(O)(c1ccccc1)c1ccccc1. The second-order valence-electron chi connectivity index (χ2n) is 9.99. The molecule has 1 saturated heterocycles. The fourth-order valence-electron chi connectivity index (χ4n) is 5.61. The molecule has 40 heavy (non-hydrogen) atoms. The number of halogens is 1. The van der Waals surface area contributed by atoms with Gasteiger partial charge in [-0.15, -0.1) is 0 Å². The fourth-order valence-corrected chi connectivity index (χ4v) is 5.88. The van der Waals surface area contributed by atoms with Crippen LogP contribution in [0, 0.1) is 0 Å². The summed E-state index contributed by atoms with van der Waals surface area (Å²) in [7, 11) is 0. The van der Waals surface area contributed by atoms with E-state index in [1.807, 2.05) is 146 Å². The molecule has 0 saturated carbocycles. The van der Waals surface area contributed by atoms with Gasteiger partial charge in [-0.25, -0.2) is 0 Å². The standard InChI is InChI=1S/C35H29BrO4/c36-30-23-21-25(22-24-30)33-39-31(34(37,26-13-5-1-6-14-26)27-15-7-2-8-16-27)32(40-33)35(38,28-17-9-3-10-18-28)29-19-11-4-12-20-29/h1-24,31-33,37-38H. The molecule has 1 heterocycles. The molecule has 0 amide bonds. The van der Waals surface area contributed by atoms with Crippen molar-refractivity contribution in [2.75, 3.05) is 0 Å². The maximum atomic E-state index is 12.9. The molecule has 5 heteroatoms. The third kappa shape index (κ3) is 4.70. The molecular formula is C35H29BrO4. The van der Waals surface area contributed by atoms with Crippen molar-refractivity contribution >= 4 is 15.9 Å². The minimum atomic E-state index is -1.66. The number of rotatable bonds is 7. The van der Waals surface area contributed by atoms with Crippen molar-refractivity contribution < 1.29 is 19.7 Å². The zero-order valence-corrected chi connectivity index (χ0v) is 23.3. The first-order valence-corrected chi connectivity index (χ1v) is 14.0. The molecule has 5 aromatic carbocycles. The number of ether oxygens (including phenoxy) is 2. The van der Waals surface area contributed by atoms with Gasteiger partial charge in [0.25, 0.3) is 0 Å². The quantitative estimate of drug-likeness (QED) is 0.211. The molecule has 1 fully saturated rings. The Morgan fingerprint density at radius 3 is 1.05 bits per heavy atom. The lowest BCUT2D eigenvalue weighted by Gasteiger charge is -2.42.